The van der Waals surface area contributed by atoms with Gasteiger partial charge in [0.15, 0.2) is 0 Å². The second kappa shape index (κ2) is 6.61. The van der Waals surface area contributed by atoms with E-state index in [0.29, 0.717) is 11.3 Å². The summed E-state index contributed by atoms with van der Waals surface area (Å²) in [7, 11) is 3.91. The minimum Gasteiger partial charge on any atom is -0.384 e. The predicted octanol–water partition coefficient (Wildman–Crippen LogP) is 3.07. The van der Waals surface area contributed by atoms with Gasteiger partial charge in [0, 0.05) is 19.1 Å². The summed E-state index contributed by atoms with van der Waals surface area (Å²) in [6.45, 7) is 6.69. The first-order valence-corrected chi connectivity index (χ1v) is 6.81. The van der Waals surface area contributed by atoms with Gasteiger partial charge in [0.25, 0.3) is 0 Å². The smallest absolute Gasteiger partial charge is 0.0535 e. The van der Waals surface area contributed by atoms with Crippen LogP contribution < -0.4 is 5.32 Å². The molecule has 0 bridgehead atoms. The zero-order chi connectivity index (χ0) is 12.0. The topological polar surface area (TPSA) is 21.3 Å². The molecule has 1 atom stereocenters. The molecule has 1 rings (SSSR count). The lowest BCUT2D eigenvalue weighted by Gasteiger charge is -2.45. The number of hydrogen-bond acceptors (Lipinski definition) is 2. The lowest BCUT2D eigenvalue weighted by Crippen LogP contribution is -2.47. The first-order valence-electron chi connectivity index (χ1n) is 6.81. The monoisotopic (exact) mass is 227 g/mol. The Kier molecular flexibility index (Phi) is 5.77. The average Bonchev–Trinajstić information content (AvgIpc) is 2.29. The van der Waals surface area contributed by atoms with Crippen molar-refractivity contribution in [3.8, 4) is 0 Å². The van der Waals surface area contributed by atoms with Gasteiger partial charge < -0.3 is 10.1 Å². The highest BCUT2D eigenvalue weighted by atomic mass is 16.5. The van der Waals surface area contributed by atoms with Gasteiger partial charge >= 0.3 is 0 Å². The van der Waals surface area contributed by atoms with E-state index in [2.05, 4.69) is 26.2 Å². The molecule has 1 N–H and O–H groups in total. The molecule has 0 radical (unpaired) electrons. The van der Waals surface area contributed by atoms with Crippen molar-refractivity contribution >= 4 is 0 Å². The molecule has 0 aromatic heterocycles. The fourth-order valence-corrected chi connectivity index (χ4v) is 3.43. The molecular formula is C14H29NO. The molecule has 0 spiro atoms. The summed E-state index contributed by atoms with van der Waals surface area (Å²) < 4.78 is 5.53. The molecule has 1 unspecified atom stereocenters. The normalized spacial score (nSPS) is 22.3. The summed E-state index contributed by atoms with van der Waals surface area (Å²) in [6.07, 6.45) is 7.03. The van der Waals surface area contributed by atoms with Crippen LogP contribution >= 0.6 is 0 Å². The number of nitrogens with one attached hydrogen (secondary N) is 1. The molecule has 16 heavy (non-hydrogen) atoms. The maximum absolute atomic E-state index is 5.53. The highest BCUT2D eigenvalue weighted by Crippen LogP contribution is 2.43. The average molecular weight is 227 g/mol. The second-order valence-corrected chi connectivity index (χ2v) is 5.69. The summed E-state index contributed by atoms with van der Waals surface area (Å²) in [5, 5.41) is 3.39. The molecule has 2 heteroatoms. The number of methoxy groups -OCH3 is 1. The Morgan fingerprint density at radius 1 is 1.25 bits per heavy atom. The quantitative estimate of drug-likeness (QED) is 0.753. The van der Waals surface area contributed by atoms with Crippen molar-refractivity contribution in [3.05, 3.63) is 0 Å². The lowest BCUT2D eigenvalue weighted by molar-refractivity contribution is -0.0187. The van der Waals surface area contributed by atoms with E-state index in [1.807, 2.05) is 7.11 Å². The summed E-state index contributed by atoms with van der Waals surface area (Å²) in [4.78, 5) is 0. The standard InChI is InChI=1S/C14H29NO/c1-12(2)14(10-15-3,11-16-4)13-8-6-5-7-9-13/h12-13,15H,5-11H2,1-4H3. The van der Waals surface area contributed by atoms with Crippen LogP contribution in [0.4, 0.5) is 0 Å². The molecule has 96 valence electrons. The fourth-order valence-electron chi connectivity index (χ4n) is 3.43. The minimum atomic E-state index is 0.337. The van der Waals surface area contributed by atoms with Gasteiger partial charge in [-0.15, -0.1) is 0 Å². The Labute approximate surface area is 101 Å². The van der Waals surface area contributed by atoms with Crippen molar-refractivity contribution < 1.29 is 4.74 Å². The summed E-state index contributed by atoms with van der Waals surface area (Å²) in [6, 6.07) is 0. The van der Waals surface area contributed by atoms with Crippen LogP contribution in [0.25, 0.3) is 0 Å². The molecule has 1 aliphatic rings. The molecule has 1 fully saturated rings. The Bertz CT molecular complexity index is 179. The van der Waals surface area contributed by atoms with Crippen molar-refractivity contribution in [1.82, 2.24) is 5.32 Å². The van der Waals surface area contributed by atoms with Crippen LogP contribution in [-0.4, -0.2) is 27.3 Å². The van der Waals surface area contributed by atoms with E-state index in [1.165, 1.54) is 32.1 Å². The summed E-state index contributed by atoms with van der Waals surface area (Å²) >= 11 is 0. The van der Waals surface area contributed by atoms with Gasteiger partial charge in [-0.1, -0.05) is 33.1 Å². The van der Waals surface area contributed by atoms with Crippen molar-refractivity contribution in [2.45, 2.75) is 46.0 Å². The molecule has 1 saturated carbocycles. The third-order valence-electron chi connectivity index (χ3n) is 4.49. The van der Waals surface area contributed by atoms with E-state index in [4.69, 9.17) is 4.74 Å². The van der Waals surface area contributed by atoms with E-state index < -0.39 is 0 Å². The van der Waals surface area contributed by atoms with Gasteiger partial charge in [-0.25, -0.2) is 0 Å². The summed E-state index contributed by atoms with van der Waals surface area (Å²) in [5.41, 5.74) is 0.337. The molecule has 0 aromatic carbocycles. The second-order valence-electron chi connectivity index (χ2n) is 5.69. The van der Waals surface area contributed by atoms with Gasteiger partial charge in [-0.3, -0.25) is 0 Å². The van der Waals surface area contributed by atoms with Crippen molar-refractivity contribution in [2.24, 2.45) is 17.3 Å². The van der Waals surface area contributed by atoms with E-state index in [-0.39, 0.29) is 0 Å². The zero-order valence-electron chi connectivity index (χ0n) is 11.5. The van der Waals surface area contributed by atoms with Crippen LogP contribution in [0.2, 0.25) is 0 Å². The fraction of sp³-hybridized carbons (Fsp3) is 1.00. The van der Waals surface area contributed by atoms with Gasteiger partial charge in [-0.05, 0) is 31.7 Å². The van der Waals surface area contributed by atoms with Crippen LogP contribution in [0, 0.1) is 17.3 Å². The van der Waals surface area contributed by atoms with Gasteiger partial charge in [0.05, 0.1) is 6.61 Å². The van der Waals surface area contributed by atoms with Gasteiger partial charge in [0.2, 0.25) is 0 Å². The molecular weight excluding hydrogens is 198 g/mol. The Balaban J connectivity index is 2.79. The molecule has 2 nitrogen and oxygen atoms in total. The highest BCUT2D eigenvalue weighted by molar-refractivity contribution is 4.92. The maximum atomic E-state index is 5.53. The third kappa shape index (κ3) is 2.98. The minimum absolute atomic E-state index is 0.337. The van der Waals surface area contributed by atoms with Crippen LogP contribution in [0.1, 0.15) is 46.0 Å². The Morgan fingerprint density at radius 3 is 2.31 bits per heavy atom. The van der Waals surface area contributed by atoms with Gasteiger partial charge in [-0.2, -0.15) is 0 Å². The van der Waals surface area contributed by atoms with Crippen LogP contribution in [0.15, 0.2) is 0 Å². The molecule has 0 heterocycles. The third-order valence-corrected chi connectivity index (χ3v) is 4.49. The van der Waals surface area contributed by atoms with Crippen LogP contribution in [0.5, 0.6) is 0 Å². The largest absolute Gasteiger partial charge is 0.384 e. The molecule has 1 aliphatic carbocycles. The maximum Gasteiger partial charge on any atom is 0.0535 e. The molecule has 0 aliphatic heterocycles. The van der Waals surface area contributed by atoms with E-state index in [1.54, 1.807) is 0 Å². The Morgan fingerprint density at radius 2 is 1.88 bits per heavy atom. The lowest BCUT2D eigenvalue weighted by atomic mass is 9.63. The predicted molar refractivity (Wildman–Crippen MR) is 69.6 cm³/mol. The van der Waals surface area contributed by atoms with Crippen LogP contribution in [-0.2, 0) is 4.74 Å². The molecule has 0 aromatic rings. The SMILES string of the molecule is CNCC(COC)(C(C)C)C1CCCCC1. The van der Waals surface area contributed by atoms with Crippen LogP contribution in [0.3, 0.4) is 0 Å². The van der Waals surface area contributed by atoms with Crippen molar-refractivity contribution in [1.29, 1.82) is 0 Å². The summed E-state index contributed by atoms with van der Waals surface area (Å²) in [5.74, 6) is 1.52. The number of rotatable bonds is 6. The first kappa shape index (κ1) is 14.0. The Hall–Kier alpha value is -0.0800. The zero-order valence-corrected chi connectivity index (χ0v) is 11.5. The number of ether oxygens (including phenoxy) is 1. The van der Waals surface area contributed by atoms with E-state index >= 15 is 0 Å². The highest BCUT2D eigenvalue weighted by Gasteiger charge is 2.41. The van der Waals surface area contributed by atoms with E-state index in [0.717, 1.165) is 19.1 Å². The van der Waals surface area contributed by atoms with Crippen molar-refractivity contribution in [3.63, 3.8) is 0 Å². The number of hydrogen-bond donors (Lipinski definition) is 1. The van der Waals surface area contributed by atoms with E-state index in [9.17, 15) is 0 Å². The van der Waals surface area contributed by atoms with Gasteiger partial charge in [0.1, 0.15) is 0 Å². The molecule has 0 saturated heterocycles. The first-order chi connectivity index (χ1) is 7.67. The molecule has 0 amide bonds. The van der Waals surface area contributed by atoms with Crippen molar-refractivity contribution in [2.75, 3.05) is 27.3 Å².